The molecule has 1 unspecified atom stereocenters. The van der Waals surface area contributed by atoms with Gasteiger partial charge < -0.3 is 21.1 Å². The van der Waals surface area contributed by atoms with Gasteiger partial charge in [-0.1, -0.05) is 6.58 Å². The summed E-state index contributed by atoms with van der Waals surface area (Å²) < 4.78 is 0. The van der Waals surface area contributed by atoms with Crippen LogP contribution in [-0.4, -0.2) is 47.9 Å². The molecule has 0 spiro atoms. The number of amides is 3. The highest BCUT2D eigenvalue weighted by atomic mass is 16.4. The Labute approximate surface area is 115 Å². The summed E-state index contributed by atoms with van der Waals surface area (Å²) in [6.45, 7) is 3.42. The summed E-state index contributed by atoms with van der Waals surface area (Å²) in [5.41, 5.74) is -0.510. The fraction of sp³-hybridized carbons (Fsp3) is 0.500. The molecule has 3 amide bonds. The number of nitrogens with one attached hydrogen (secondary N) is 3. The van der Waals surface area contributed by atoms with Crippen LogP contribution < -0.4 is 16.0 Å². The predicted molar refractivity (Wildman–Crippen MR) is 68.6 cm³/mol. The molecule has 0 aromatic rings. The summed E-state index contributed by atoms with van der Waals surface area (Å²) >= 11 is 0. The maximum Gasteiger partial charge on any atom is 0.340 e. The molecular weight excluding hydrogens is 266 g/mol. The van der Waals surface area contributed by atoms with Gasteiger partial charge in [-0.2, -0.15) is 0 Å². The zero-order valence-corrected chi connectivity index (χ0v) is 10.9. The van der Waals surface area contributed by atoms with Crippen molar-refractivity contribution in [2.75, 3.05) is 13.1 Å². The molecule has 0 saturated carbocycles. The van der Waals surface area contributed by atoms with Gasteiger partial charge in [0.05, 0.1) is 6.54 Å². The first-order chi connectivity index (χ1) is 9.41. The number of aliphatic carboxylic acids is 1. The SMILES string of the molecule is C=C(C(=O)O)C(=O)NCCCCC1NC(=O)CNC1=O. The molecule has 0 aromatic heterocycles. The Morgan fingerprint density at radius 2 is 2.05 bits per heavy atom. The Bertz CT molecular complexity index is 446. The van der Waals surface area contributed by atoms with E-state index in [0.29, 0.717) is 19.3 Å². The van der Waals surface area contributed by atoms with Crippen LogP contribution in [0.4, 0.5) is 0 Å². The Balaban J connectivity index is 2.17. The maximum atomic E-state index is 11.4. The van der Waals surface area contributed by atoms with Gasteiger partial charge in [-0.15, -0.1) is 0 Å². The topological polar surface area (TPSA) is 125 Å². The van der Waals surface area contributed by atoms with Crippen molar-refractivity contribution in [1.29, 1.82) is 0 Å². The van der Waals surface area contributed by atoms with Crippen LogP contribution in [0, 0.1) is 0 Å². The van der Waals surface area contributed by atoms with E-state index < -0.39 is 23.5 Å². The number of carbonyl (C=O) groups excluding carboxylic acids is 3. The van der Waals surface area contributed by atoms with E-state index in [2.05, 4.69) is 22.5 Å². The Morgan fingerprint density at radius 1 is 1.35 bits per heavy atom. The normalized spacial score (nSPS) is 17.9. The summed E-state index contributed by atoms with van der Waals surface area (Å²) in [5.74, 6) is -2.51. The minimum Gasteiger partial charge on any atom is -0.478 e. The molecule has 8 nitrogen and oxygen atoms in total. The molecule has 4 N–H and O–H groups in total. The number of carboxylic acids is 1. The smallest absolute Gasteiger partial charge is 0.340 e. The highest BCUT2D eigenvalue weighted by molar-refractivity contribution is 6.14. The molecule has 0 aliphatic carbocycles. The van der Waals surface area contributed by atoms with E-state index in [1.807, 2.05) is 0 Å². The third-order valence-corrected chi connectivity index (χ3v) is 2.81. The van der Waals surface area contributed by atoms with Gasteiger partial charge in [-0.05, 0) is 19.3 Å². The monoisotopic (exact) mass is 283 g/mol. The van der Waals surface area contributed by atoms with E-state index in [4.69, 9.17) is 5.11 Å². The Kier molecular flexibility index (Phi) is 5.70. The van der Waals surface area contributed by atoms with Crippen LogP contribution in [0.5, 0.6) is 0 Å². The summed E-state index contributed by atoms with van der Waals surface area (Å²) in [4.78, 5) is 44.2. The number of carbonyl (C=O) groups is 4. The first-order valence-corrected chi connectivity index (χ1v) is 6.19. The first kappa shape index (κ1) is 15.7. The molecule has 0 aromatic carbocycles. The van der Waals surface area contributed by atoms with E-state index in [9.17, 15) is 19.2 Å². The minimum atomic E-state index is -1.36. The lowest BCUT2D eigenvalue weighted by Crippen LogP contribution is -2.56. The second-order valence-corrected chi connectivity index (χ2v) is 4.37. The van der Waals surface area contributed by atoms with Crippen molar-refractivity contribution >= 4 is 23.7 Å². The molecule has 0 bridgehead atoms. The van der Waals surface area contributed by atoms with Crippen LogP contribution in [0.2, 0.25) is 0 Å². The van der Waals surface area contributed by atoms with Gasteiger partial charge in [0.25, 0.3) is 5.91 Å². The van der Waals surface area contributed by atoms with E-state index in [1.54, 1.807) is 0 Å². The molecule has 1 fully saturated rings. The van der Waals surface area contributed by atoms with Gasteiger partial charge in [0.15, 0.2) is 0 Å². The number of unbranched alkanes of at least 4 members (excludes halogenated alkanes) is 1. The lowest BCUT2D eigenvalue weighted by Gasteiger charge is -2.22. The van der Waals surface area contributed by atoms with Crippen LogP contribution >= 0.6 is 0 Å². The van der Waals surface area contributed by atoms with Crippen molar-refractivity contribution < 1.29 is 24.3 Å². The number of piperazine rings is 1. The Hall–Kier alpha value is -2.38. The Morgan fingerprint density at radius 3 is 2.70 bits per heavy atom. The molecule has 0 radical (unpaired) electrons. The van der Waals surface area contributed by atoms with Crippen LogP contribution in [-0.2, 0) is 19.2 Å². The highest BCUT2D eigenvalue weighted by Gasteiger charge is 2.24. The molecule has 1 aliphatic rings. The van der Waals surface area contributed by atoms with Crippen molar-refractivity contribution in [1.82, 2.24) is 16.0 Å². The van der Waals surface area contributed by atoms with Gasteiger partial charge in [-0.25, -0.2) is 4.79 Å². The zero-order valence-electron chi connectivity index (χ0n) is 10.9. The van der Waals surface area contributed by atoms with Crippen molar-refractivity contribution in [3.63, 3.8) is 0 Å². The van der Waals surface area contributed by atoms with E-state index >= 15 is 0 Å². The summed E-state index contributed by atoms with van der Waals surface area (Å²) in [7, 11) is 0. The number of rotatable bonds is 7. The number of hydrogen-bond acceptors (Lipinski definition) is 4. The zero-order chi connectivity index (χ0) is 15.1. The number of carboxylic acid groups (broad SMARTS) is 1. The molecule has 1 atom stereocenters. The predicted octanol–water partition coefficient (Wildman–Crippen LogP) is -1.47. The first-order valence-electron chi connectivity index (χ1n) is 6.19. The van der Waals surface area contributed by atoms with Gasteiger partial charge in [0.2, 0.25) is 11.8 Å². The summed E-state index contributed by atoms with van der Waals surface area (Å²) in [5, 5.41) is 16.0. The third-order valence-electron chi connectivity index (χ3n) is 2.81. The average molecular weight is 283 g/mol. The van der Waals surface area contributed by atoms with Crippen LogP contribution in [0.25, 0.3) is 0 Å². The van der Waals surface area contributed by atoms with Gasteiger partial charge >= 0.3 is 5.97 Å². The highest BCUT2D eigenvalue weighted by Crippen LogP contribution is 2.03. The van der Waals surface area contributed by atoms with Crippen LogP contribution in [0.15, 0.2) is 12.2 Å². The van der Waals surface area contributed by atoms with Crippen molar-refractivity contribution in [3.05, 3.63) is 12.2 Å². The van der Waals surface area contributed by atoms with Gasteiger partial charge in [0.1, 0.15) is 11.6 Å². The fourth-order valence-corrected chi connectivity index (χ4v) is 1.68. The van der Waals surface area contributed by atoms with Crippen LogP contribution in [0.3, 0.4) is 0 Å². The second-order valence-electron chi connectivity index (χ2n) is 4.37. The quantitative estimate of drug-likeness (QED) is 0.196. The van der Waals surface area contributed by atoms with Gasteiger partial charge in [0, 0.05) is 6.54 Å². The maximum absolute atomic E-state index is 11.4. The number of hydrogen-bond donors (Lipinski definition) is 4. The molecule has 110 valence electrons. The fourth-order valence-electron chi connectivity index (χ4n) is 1.68. The van der Waals surface area contributed by atoms with Crippen molar-refractivity contribution in [2.24, 2.45) is 0 Å². The molecule has 1 saturated heterocycles. The molecule has 8 heteroatoms. The summed E-state index contributed by atoms with van der Waals surface area (Å²) in [6, 6.07) is -0.541. The van der Waals surface area contributed by atoms with E-state index in [-0.39, 0.29) is 24.9 Å². The molecule has 1 aliphatic heterocycles. The molecule has 20 heavy (non-hydrogen) atoms. The van der Waals surface area contributed by atoms with E-state index in [0.717, 1.165) is 0 Å². The van der Waals surface area contributed by atoms with Crippen LogP contribution in [0.1, 0.15) is 19.3 Å². The summed E-state index contributed by atoms with van der Waals surface area (Å²) in [6.07, 6.45) is 1.64. The van der Waals surface area contributed by atoms with Gasteiger partial charge in [-0.3, -0.25) is 14.4 Å². The molecule has 1 rings (SSSR count). The van der Waals surface area contributed by atoms with E-state index in [1.165, 1.54) is 0 Å². The lowest BCUT2D eigenvalue weighted by molar-refractivity contribution is -0.135. The van der Waals surface area contributed by atoms with Crippen molar-refractivity contribution in [2.45, 2.75) is 25.3 Å². The molecule has 1 heterocycles. The third kappa shape index (κ3) is 4.71. The largest absolute Gasteiger partial charge is 0.478 e. The minimum absolute atomic E-state index is 0.00267. The standard InChI is InChI=1S/C12H17N3O5/c1-7(12(19)20)10(17)13-5-3-2-4-8-11(18)14-6-9(16)15-8/h8H,1-6H2,(H,13,17)(H,14,18)(H,15,16)(H,19,20). The average Bonchev–Trinajstić information content (AvgIpc) is 2.40. The second kappa shape index (κ2) is 7.27. The molecular formula is C12H17N3O5. The van der Waals surface area contributed by atoms with Crippen molar-refractivity contribution in [3.8, 4) is 0 Å². The lowest BCUT2D eigenvalue weighted by atomic mass is 10.1.